The number of H-pyrrole nitrogens is 1. The van der Waals surface area contributed by atoms with E-state index in [0.717, 1.165) is 17.7 Å². The van der Waals surface area contributed by atoms with E-state index in [-0.39, 0.29) is 12.2 Å². The molecule has 106 valence electrons. The van der Waals surface area contributed by atoms with E-state index in [1.807, 2.05) is 0 Å². The van der Waals surface area contributed by atoms with E-state index in [0.29, 0.717) is 6.20 Å². The number of amides is 1. The summed E-state index contributed by atoms with van der Waals surface area (Å²) in [5.74, 6) is -0.458. The molecule has 8 heteroatoms. The van der Waals surface area contributed by atoms with Gasteiger partial charge in [0.05, 0.1) is 11.8 Å². The number of carbonyl (C=O) groups is 1. The summed E-state index contributed by atoms with van der Waals surface area (Å²) in [5.41, 5.74) is -0.136. The third-order valence-corrected chi connectivity index (χ3v) is 2.63. The maximum absolute atomic E-state index is 12.4. The van der Waals surface area contributed by atoms with E-state index in [1.165, 1.54) is 11.9 Å². The minimum atomic E-state index is -4.46. The Morgan fingerprint density at radius 2 is 2.10 bits per heavy atom. The summed E-state index contributed by atoms with van der Waals surface area (Å²) in [7, 11) is 1.54. The number of aromatic amines is 1. The molecule has 1 N–H and O–H groups in total. The molecule has 0 aliphatic rings. The number of aromatic nitrogens is 3. The van der Waals surface area contributed by atoms with Crippen molar-refractivity contribution in [3.63, 3.8) is 0 Å². The van der Waals surface area contributed by atoms with Crippen LogP contribution in [0.4, 0.5) is 13.2 Å². The molecule has 0 unspecified atom stereocenters. The highest BCUT2D eigenvalue weighted by Crippen LogP contribution is 2.28. The number of nitrogens with zero attached hydrogens (tertiary/aromatic N) is 3. The van der Waals surface area contributed by atoms with E-state index in [1.54, 1.807) is 12.4 Å². The fourth-order valence-corrected chi connectivity index (χ4v) is 1.59. The van der Waals surface area contributed by atoms with Crippen molar-refractivity contribution < 1.29 is 18.0 Å². The highest BCUT2D eigenvalue weighted by atomic mass is 19.4. The van der Waals surface area contributed by atoms with Crippen molar-refractivity contribution >= 4 is 5.91 Å². The van der Waals surface area contributed by atoms with Gasteiger partial charge < -0.3 is 4.90 Å². The molecule has 2 aromatic rings. The molecular weight excluding hydrogens is 273 g/mol. The summed E-state index contributed by atoms with van der Waals surface area (Å²) in [6, 6.07) is 1.91. The molecule has 2 rings (SSSR count). The molecule has 20 heavy (non-hydrogen) atoms. The maximum atomic E-state index is 12.4. The van der Waals surface area contributed by atoms with Gasteiger partial charge in [-0.3, -0.25) is 14.9 Å². The van der Waals surface area contributed by atoms with Crippen LogP contribution in [-0.2, 0) is 12.7 Å². The Morgan fingerprint density at radius 1 is 1.35 bits per heavy atom. The number of hydrogen-bond acceptors (Lipinski definition) is 3. The monoisotopic (exact) mass is 284 g/mol. The van der Waals surface area contributed by atoms with Crippen LogP contribution in [0.1, 0.15) is 21.6 Å². The summed E-state index contributed by atoms with van der Waals surface area (Å²) in [6.07, 6.45) is -0.621. The fourth-order valence-electron chi connectivity index (χ4n) is 1.59. The Labute approximate surface area is 112 Å². The van der Waals surface area contributed by atoms with E-state index >= 15 is 0 Å². The van der Waals surface area contributed by atoms with Gasteiger partial charge in [0.15, 0.2) is 0 Å². The lowest BCUT2D eigenvalue weighted by molar-refractivity contribution is -0.137. The quantitative estimate of drug-likeness (QED) is 0.938. The number of pyridine rings is 1. The van der Waals surface area contributed by atoms with Crippen LogP contribution in [0.3, 0.4) is 0 Å². The van der Waals surface area contributed by atoms with Crippen molar-refractivity contribution in [2.75, 3.05) is 7.05 Å². The van der Waals surface area contributed by atoms with Crippen molar-refractivity contribution in [1.29, 1.82) is 0 Å². The van der Waals surface area contributed by atoms with Gasteiger partial charge in [0, 0.05) is 31.5 Å². The smallest absolute Gasteiger partial charge is 0.336 e. The molecular formula is C12H11F3N4O. The molecule has 0 aliphatic heterocycles. The van der Waals surface area contributed by atoms with E-state index in [2.05, 4.69) is 15.2 Å². The largest absolute Gasteiger partial charge is 0.417 e. The molecule has 0 saturated carbocycles. The minimum Gasteiger partial charge on any atom is -0.336 e. The topological polar surface area (TPSA) is 61.9 Å². The van der Waals surface area contributed by atoms with E-state index < -0.39 is 17.6 Å². The van der Waals surface area contributed by atoms with Crippen LogP contribution >= 0.6 is 0 Å². The molecule has 1 amide bonds. The van der Waals surface area contributed by atoms with Crippen LogP contribution in [0.5, 0.6) is 0 Å². The molecule has 0 bridgehead atoms. The van der Waals surface area contributed by atoms with E-state index in [9.17, 15) is 18.0 Å². The van der Waals surface area contributed by atoms with Gasteiger partial charge in [0.25, 0.3) is 5.91 Å². The number of nitrogens with one attached hydrogen (secondary N) is 1. The standard InChI is InChI=1S/C12H11F3N4O/c1-19(7-8-4-17-18-5-8)11(20)10-3-2-9(6-16-10)12(13,14)15/h2-6H,7H2,1H3,(H,17,18). The number of carbonyl (C=O) groups excluding carboxylic acids is 1. The molecule has 5 nitrogen and oxygen atoms in total. The molecule has 0 saturated heterocycles. The number of hydrogen-bond donors (Lipinski definition) is 1. The number of halogens is 3. The highest BCUT2D eigenvalue weighted by Gasteiger charge is 2.31. The van der Waals surface area contributed by atoms with Gasteiger partial charge in [0.1, 0.15) is 5.69 Å². The zero-order valence-corrected chi connectivity index (χ0v) is 10.5. The zero-order chi connectivity index (χ0) is 14.8. The predicted octanol–water partition coefficient (Wildman–Crippen LogP) is 2.10. The van der Waals surface area contributed by atoms with Crippen LogP contribution in [0.2, 0.25) is 0 Å². The third-order valence-electron chi connectivity index (χ3n) is 2.63. The molecule has 2 aromatic heterocycles. The summed E-state index contributed by atoms with van der Waals surface area (Å²) < 4.78 is 37.2. The molecule has 0 spiro atoms. The number of rotatable bonds is 3. The van der Waals surface area contributed by atoms with Crippen LogP contribution in [0.15, 0.2) is 30.7 Å². The lowest BCUT2D eigenvalue weighted by atomic mass is 10.2. The van der Waals surface area contributed by atoms with Crippen molar-refractivity contribution in [1.82, 2.24) is 20.1 Å². The third kappa shape index (κ3) is 3.14. The molecule has 0 radical (unpaired) electrons. The lowest BCUT2D eigenvalue weighted by Crippen LogP contribution is -2.27. The van der Waals surface area contributed by atoms with Gasteiger partial charge >= 0.3 is 6.18 Å². The van der Waals surface area contributed by atoms with Gasteiger partial charge in [-0.15, -0.1) is 0 Å². The van der Waals surface area contributed by atoms with E-state index in [4.69, 9.17) is 0 Å². The second-order valence-corrected chi connectivity index (χ2v) is 4.20. The van der Waals surface area contributed by atoms with Gasteiger partial charge in [-0.1, -0.05) is 0 Å². The summed E-state index contributed by atoms with van der Waals surface area (Å²) in [5, 5.41) is 6.35. The summed E-state index contributed by atoms with van der Waals surface area (Å²) in [6.45, 7) is 0.290. The molecule has 0 fully saturated rings. The first kappa shape index (κ1) is 14.0. The first-order chi connectivity index (χ1) is 9.38. The molecule has 0 aliphatic carbocycles. The predicted molar refractivity (Wildman–Crippen MR) is 63.6 cm³/mol. The van der Waals surface area contributed by atoms with Crippen LogP contribution < -0.4 is 0 Å². The van der Waals surface area contributed by atoms with Crippen LogP contribution in [-0.4, -0.2) is 33.0 Å². The summed E-state index contributed by atoms with van der Waals surface area (Å²) >= 11 is 0. The van der Waals surface area contributed by atoms with Crippen LogP contribution in [0.25, 0.3) is 0 Å². The Kier molecular flexibility index (Phi) is 3.73. The SMILES string of the molecule is CN(Cc1cn[nH]c1)C(=O)c1ccc(C(F)(F)F)cn1. The van der Waals surface area contributed by atoms with Crippen molar-refractivity contribution in [3.05, 3.63) is 47.5 Å². The van der Waals surface area contributed by atoms with Gasteiger partial charge in [-0.05, 0) is 12.1 Å². The molecule has 2 heterocycles. The molecule has 0 aromatic carbocycles. The minimum absolute atomic E-state index is 0.0380. The first-order valence-electron chi connectivity index (χ1n) is 5.64. The van der Waals surface area contributed by atoms with Crippen molar-refractivity contribution in [3.8, 4) is 0 Å². The number of alkyl halides is 3. The molecule has 0 atom stereocenters. The maximum Gasteiger partial charge on any atom is 0.417 e. The fraction of sp³-hybridized carbons (Fsp3) is 0.250. The van der Waals surface area contributed by atoms with Gasteiger partial charge in [-0.2, -0.15) is 18.3 Å². The Morgan fingerprint density at radius 3 is 2.60 bits per heavy atom. The van der Waals surface area contributed by atoms with Crippen molar-refractivity contribution in [2.24, 2.45) is 0 Å². The van der Waals surface area contributed by atoms with Gasteiger partial charge in [-0.25, -0.2) is 0 Å². The lowest BCUT2D eigenvalue weighted by Gasteiger charge is -2.15. The second-order valence-electron chi connectivity index (χ2n) is 4.20. The average Bonchev–Trinajstić information content (AvgIpc) is 2.90. The second kappa shape index (κ2) is 5.32. The Balaban J connectivity index is 2.09. The Hall–Kier alpha value is -2.38. The van der Waals surface area contributed by atoms with Crippen LogP contribution in [0, 0.1) is 0 Å². The van der Waals surface area contributed by atoms with Crippen molar-refractivity contribution in [2.45, 2.75) is 12.7 Å². The summed E-state index contributed by atoms with van der Waals surface area (Å²) in [4.78, 5) is 16.9. The van der Waals surface area contributed by atoms with Gasteiger partial charge in [0.2, 0.25) is 0 Å². The Bertz CT molecular complexity index is 578. The highest BCUT2D eigenvalue weighted by molar-refractivity contribution is 5.92. The average molecular weight is 284 g/mol. The first-order valence-corrected chi connectivity index (χ1v) is 5.64. The normalized spacial score (nSPS) is 11.4. The zero-order valence-electron chi connectivity index (χ0n) is 10.5.